The van der Waals surface area contributed by atoms with Crippen LogP contribution in [0.1, 0.15) is 19.6 Å². The summed E-state index contributed by atoms with van der Waals surface area (Å²) in [5.41, 5.74) is 0. The summed E-state index contributed by atoms with van der Waals surface area (Å²) in [4.78, 5) is 12.9. The zero-order valence-corrected chi connectivity index (χ0v) is 11.4. The van der Waals surface area contributed by atoms with Crippen LogP contribution in [0.3, 0.4) is 0 Å². The second-order valence-corrected chi connectivity index (χ2v) is 5.91. The van der Waals surface area contributed by atoms with Crippen LogP contribution < -0.4 is 4.72 Å². The molecule has 18 heavy (non-hydrogen) atoms. The molecule has 6 nitrogen and oxygen atoms in total. The maximum atomic E-state index is 11.4. The van der Waals surface area contributed by atoms with Crippen LogP contribution in [0.2, 0.25) is 0 Å². The molecule has 7 heteroatoms. The molecule has 0 aromatic carbocycles. The van der Waals surface area contributed by atoms with Crippen molar-refractivity contribution in [2.75, 3.05) is 18.8 Å². The van der Waals surface area contributed by atoms with Gasteiger partial charge in [0.05, 0.1) is 18.6 Å². The lowest BCUT2D eigenvalue weighted by atomic mass is 10.4. The average molecular weight is 274 g/mol. The molecule has 0 unspecified atom stereocenters. The Kier molecular flexibility index (Phi) is 5.36. The SMILES string of the molecule is CCS(=O)(=O)NCCN(Cc1ccco1)C(C)=O. The topological polar surface area (TPSA) is 79.6 Å². The van der Waals surface area contributed by atoms with Gasteiger partial charge < -0.3 is 9.32 Å². The molecule has 0 spiro atoms. The largest absolute Gasteiger partial charge is 0.467 e. The van der Waals surface area contributed by atoms with Crippen molar-refractivity contribution in [1.82, 2.24) is 9.62 Å². The van der Waals surface area contributed by atoms with Gasteiger partial charge in [-0.15, -0.1) is 0 Å². The lowest BCUT2D eigenvalue weighted by Crippen LogP contribution is -2.37. The van der Waals surface area contributed by atoms with Gasteiger partial charge in [-0.1, -0.05) is 0 Å². The Morgan fingerprint density at radius 3 is 2.72 bits per heavy atom. The smallest absolute Gasteiger partial charge is 0.219 e. The molecule has 0 saturated heterocycles. The molecule has 1 heterocycles. The summed E-state index contributed by atoms with van der Waals surface area (Å²) >= 11 is 0. The molecule has 0 aliphatic heterocycles. The van der Waals surface area contributed by atoms with Gasteiger partial charge in [0.1, 0.15) is 5.76 Å². The van der Waals surface area contributed by atoms with E-state index in [2.05, 4.69) is 4.72 Å². The van der Waals surface area contributed by atoms with E-state index in [4.69, 9.17) is 4.42 Å². The van der Waals surface area contributed by atoms with E-state index in [1.54, 1.807) is 19.1 Å². The Hall–Kier alpha value is -1.34. The monoisotopic (exact) mass is 274 g/mol. The summed E-state index contributed by atoms with van der Waals surface area (Å²) in [7, 11) is -3.21. The number of carbonyl (C=O) groups is 1. The Morgan fingerprint density at radius 1 is 1.50 bits per heavy atom. The van der Waals surface area contributed by atoms with Crippen molar-refractivity contribution in [3.63, 3.8) is 0 Å². The van der Waals surface area contributed by atoms with Crippen molar-refractivity contribution in [2.24, 2.45) is 0 Å². The molecule has 0 atom stereocenters. The number of sulfonamides is 1. The zero-order chi connectivity index (χ0) is 13.6. The fraction of sp³-hybridized carbons (Fsp3) is 0.545. The predicted octanol–water partition coefficient (Wildman–Crippen LogP) is 0.567. The van der Waals surface area contributed by atoms with Crippen molar-refractivity contribution >= 4 is 15.9 Å². The van der Waals surface area contributed by atoms with Crippen LogP contribution in [0.15, 0.2) is 22.8 Å². The van der Waals surface area contributed by atoms with Crippen molar-refractivity contribution < 1.29 is 17.6 Å². The van der Waals surface area contributed by atoms with E-state index in [9.17, 15) is 13.2 Å². The molecule has 0 aliphatic rings. The standard InChI is InChI=1S/C11H18N2O4S/c1-3-18(15,16)12-6-7-13(10(2)14)9-11-5-4-8-17-11/h4-5,8,12H,3,6-7,9H2,1-2H3. The number of amides is 1. The van der Waals surface area contributed by atoms with E-state index in [0.29, 0.717) is 18.8 Å². The van der Waals surface area contributed by atoms with Gasteiger partial charge in [-0.25, -0.2) is 13.1 Å². The Bertz CT molecular complexity index is 467. The van der Waals surface area contributed by atoms with Crippen molar-refractivity contribution in [3.8, 4) is 0 Å². The second kappa shape index (κ2) is 6.55. The number of carbonyl (C=O) groups excluding carboxylic acids is 1. The van der Waals surface area contributed by atoms with Crippen LogP contribution in [0.25, 0.3) is 0 Å². The van der Waals surface area contributed by atoms with Gasteiger partial charge in [-0.3, -0.25) is 4.79 Å². The summed E-state index contributed by atoms with van der Waals surface area (Å²) < 4.78 is 30.0. The van der Waals surface area contributed by atoms with E-state index in [1.807, 2.05) is 0 Å². The minimum absolute atomic E-state index is 0.0330. The van der Waals surface area contributed by atoms with Crippen LogP contribution in [0, 0.1) is 0 Å². The van der Waals surface area contributed by atoms with Gasteiger partial charge in [0.15, 0.2) is 0 Å². The molecule has 1 aromatic heterocycles. The number of nitrogens with one attached hydrogen (secondary N) is 1. The Balaban J connectivity index is 2.47. The Labute approximate surface area is 107 Å². The van der Waals surface area contributed by atoms with Crippen molar-refractivity contribution in [1.29, 1.82) is 0 Å². The maximum Gasteiger partial charge on any atom is 0.219 e. The molecule has 1 aromatic rings. The molecule has 102 valence electrons. The third kappa shape index (κ3) is 4.89. The normalized spacial score (nSPS) is 11.4. The van der Waals surface area contributed by atoms with Gasteiger partial charge in [0, 0.05) is 20.0 Å². The van der Waals surface area contributed by atoms with E-state index < -0.39 is 10.0 Å². The molecule has 0 saturated carbocycles. The molecule has 0 radical (unpaired) electrons. The summed E-state index contributed by atoms with van der Waals surface area (Å²) in [5.74, 6) is 0.580. The molecule has 1 N–H and O–H groups in total. The number of nitrogens with zero attached hydrogens (tertiary/aromatic N) is 1. The molecule has 0 fully saturated rings. The first kappa shape index (κ1) is 14.7. The van der Waals surface area contributed by atoms with Crippen LogP contribution in [-0.2, 0) is 21.4 Å². The quantitative estimate of drug-likeness (QED) is 0.788. The minimum Gasteiger partial charge on any atom is -0.467 e. The molecule has 0 aliphatic carbocycles. The fourth-order valence-electron chi connectivity index (χ4n) is 1.38. The van der Waals surface area contributed by atoms with Crippen molar-refractivity contribution in [2.45, 2.75) is 20.4 Å². The van der Waals surface area contributed by atoms with Crippen LogP contribution in [-0.4, -0.2) is 38.1 Å². The van der Waals surface area contributed by atoms with E-state index in [1.165, 1.54) is 18.1 Å². The van der Waals surface area contributed by atoms with Crippen LogP contribution in [0.4, 0.5) is 0 Å². The number of hydrogen-bond donors (Lipinski definition) is 1. The molecular weight excluding hydrogens is 256 g/mol. The zero-order valence-electron chi connectivity index (χ0n) is 10.5. The highest BCUT2D eigenvalue weighted by Crippen LogP contribution is 2.05. The van der Waals surface area contributed by atoms with E-state index in [0.717, 1.165) is 0 Å². The second-order valence-electron chi connectivity index (χ2n) is 3.82. The number of furan rings is 1. The first-order valence-electron chi connectivity index (χ1n) is 5.70. The van der Waals surface area contributed by atoms with Gasteiger partial charge in [0.25, 0.3) is 0 Å². The van der Waals surface area contributed by atoms with Crippen LogP contribution in [0.5, 0.6) is 0 Å². The predicted molar refractivity (Wildman–Crippen MR) is 67.3 cm³/mol. The lowest BCUT2D eigenvalue weighted by Gasteiger charge is -2.19. The molecule has 1 amide bonds. The third-order valence-corrected chi connectivity index (χ3v) is 3.86. The highest BCUT2D eigenvalue weighted by Gasteiger charge is 2.12. The van der Waals surface area contributed by atoms with E-state index >= 15 is 0 Å². The fourth-order valence-corrected chi connectivity index (χ4v) is 1.98. The summed E-state index contributed by atoms with van der Waals surface area (Å²) in [5, 5.41) is 0. The minimum atomic E-state index is -3.21. The summed E-state index contributed by atoms with van der Waals surface area (Å²) in [6, 6.07) is 3.51. The van der Waals surface area contributed by atoms with Gasteiger partial charge >= 0.3 is 0 Å². The summed E-state index contributed by atoms with van der Waals surface area (Å²) in [6.45, 7) is 3.87. The van der Waals surface area contributed by atoms with Crippen molar-refractivity contribution in [3.05, 3.63) is 24.2 Å². The average Bonchev–Trinajstić information content (AvgIpc) is 2.80. The van der Waals surface area contributed by atoms with Gasteiger partial charge in [-0.05, 0) is 19.1 Å². The molecule has 0 bridgehead atoms. The first-order valence-corrected chi connectivity index (χ1v) is 7.35. The lowest BCUT2D eigenvalue weighted by molar-refractivity contribution is -0.129. The first-order chi connectivity index (χ1) is 8.44. The highest BCUT2D eigenvalue weighted by molar-refractivity contribution is 7.89. The van der Waals surface area contributed by atoms with Gasteiger partial charge in [0.2, 0.25) is 15.9 Å². The van der Waals surface area contributed by atoms with Crippen LogP contribution >= 0.6 is 0 Å². The highest BCUT2D eigenvalue weighted by atomic mass is 32.2. The molecule has 1 rings (SSSR count). The molecular formula is C11H18N2O4S. The third-order valence-electron chi connectivity index (χ3n) is 2.46. The Morgan fingerprint density at radius 2 is 2.22 bits per heavy atom. The number of hydrogen-bond acceptors (Lipinski definition) is 4. The summed E-state index contributed by atoms with van der Waals surface area (Å²) in [6.07, 6.45) is 1.54. The van der Waals surface area contributed by atoms with Gasteiger partial charge in [-0.2, -0.15) is 0 Å². The van der Waals surface area contributed by atoms with E-state index in [-0.39, 0.29) is 18.2 Å². The number of rotatable bonds is 7. The maximum absolute atomic E-state index is 11.4.